The van der Waals surface area contributed by atoms with Gasteiger partial charge in [0.2, 0.25) is 16.0 Å². The number of anilines is 5. The Labute approximate surface area is 214 Å². The number of primary sulfonamides is 1. The summed E-state index contributed by atoms with van der Waals surface area (Å²) in [6.07, 6.45) is 1.77. The molecule has 0 bridgehead atoms. The fourth-order valence-electron chi connectivity index (χ4n) is 4.30. The number of nitrogens with zero attached hydrogens (tertiary/aromatic N) is 5. The summed E-state index contributed by atoms with van der Waals surface area (Å²) in [5.41, 5.74) is 3.23. The minimum Gasteiger partial charge on any atom is -0.369 e. The summed E-state index contributed by atoms with van der Waals surface area (Å²) < 4.78 is 24.0. The molecule has 3 aromatic rings. The Balaban J connectivity index is 1.62. The molecule has 1 aliphatic rings. The molecule has 36 heavy (non-hydrogen) atoms. The van der Waals surface area contributed by atoms with Gasteiger partial charge in [-0.25, -0.2) is 18.5 Å². The van der Waals surface area contributed by atoms with Crippen molar-refractivity contribution >= 4 is 38.9 Å². The lowest BCUT2D eigenvalue weighted by molar-refractivity contribution is 0.313. The number of rotatable bonds is 6. The van der Waals surface area contributed by atoms with Crippen LogP contribution in [0.1, 0.15) is 26.3 Å². The average molecular weight is 510 g/mol. The second-order valence-corrected chi connectivity index (χ2v) is 11.8. The number of aromatic nitrogens is 2. The molecular formula is C26H35N7O2S. The van der Waals surface area contributed by atoms with E-state index in [4.69, 9.17) is 10.1 Å². The Morgan fingerprint density at radius 3 is 2.31 bits per heavy atom. The Hall–Kier alpha value is -3.21. The lowest BCUT2D eigenvalue weighted by Gasteiger charge is -2.37. The maximum atomic E-state index is 12.0. The summed E-state index contributed by atoms with van der Waals surface area (Å²) in [5.74, 6) is 1.14. The standard InChI is InChI=1S/C26H35N7O2S/c1-19-18-28-25(29-20-9-11-21(12-10-20)32-15-13-31(5)14-16-32)30-24(19)33(26(2,3)4)22-7-6-8-23(17-22)36(27,34)35/h6-12,17-18H,13-16H2,1-5H3,(H2,27,34,35)(H,28,29,30). The third-order valence-corrected chi connectivity index (χ3v) is 7.13. The summed E-state index contributed by atoms with van der Waals surface area (Å²) in [7, 11) is -1.69. The van der Waals surface area contributed by atoms with Crippen LogP contribution in [0.15, 0.2) is 59.6 Å². The average Bonchev–Trinajstić information content (AvgIpc) is 2.81. The molecule has 0 aliphatic carbocycles. The molecule has 2 heterocycles. The molecule has 1 saturated heterocycles. The molecule has 3 N–H and O–H groups in total. The SMILES string of the molecule is Cc1cnc(Nc2ccc(N3CCN(C)CC3)cc2)nc1N(c1cccc(S(N)(=O)=O)c1)C(C)(C)C. The van der Waals surface area contributed by atoms with Gasteiger partial charge in [-0.1, -0.05) is 6.07 Å². The zero-order chi connectivity index (χ0) is 26.1. The molecule has 10 heteroatoms. The van der Waals surface area contributed by atoms with Crippen LogP contribution >= 0.6 is 0 Å². The van der Waals surface area contributed by atoms with Crippen LogP contribution in [0, 0.1) is 6.92 Å². The number of hydrogen-bond acceptors (Lipinski definition) is 8. The summed E-state index contributed by atoms with van der Waals surface area (Å²) in [5, 5.41) is 8.70. The second kappa shape index (κ2) is 10.0. The van der Waals surface area contributed by atoms with Gasteiger partial charge in [0, 0.05) is 60.5 Å². The van der Waals surface area contributed by atoms with Gasteiger partial charge in [0.15, 0.2) is 0 Å². The van der Waals surface area contributed by atoms with E-state index in [1.165, 1.54) is 11.8 Å². The van der Waals surface area contributed by atoms with Crippen LogP contribution in [0.2, 0.25) is 0 Å². The lowest BCUT2D eigenvalue weighted by Crippen LogP contribution is -2.44. The molecular weight excluding hydrogens is 474 g/mol. The van der Waals surface area contributed by atoms with E-state index in [-0.39, 0.29) is 4.90 Å². The number of nitrogens with two attached hydrogens (primary N) is 1. The number of hydrogen-bond donors (Lipinski definition) is 2. The van der Waals surface area contributed by atoms with Crippen molar-refractivity contribution in [1.29, 1.82) is 0 Å². The molecule has 0 unspecified atom stereocenters. The molecule has 1 aliphatic heterocycles. The topological polar surface area (TPSA) is 108 Å². The number of likely N-dealkylation sites (N-methyl/N-ethyl adjacent to an activating group) is 1. The minimum atomic E-state index is -3.84. The molecule has 0 amide bonds. The first-order chi connectivity index (χ1) is 16.9. The van der Waals surface area contributed by atoms with E-state index in [9.17, 15) is 8.42 Å². The lowest BCUT2D eigenvalue weighted by atomic mass is 10.0. The monoisotopic (exact) mass is 509 g/mol. The second-order valence-electron chi connectivity index (χ2n) is 10.2. The quantitative estimate of drug-likeness (QED) is 0.516. The van der Waals surface area contributed by atoms with Crippen molar-refractivity contribution < 1.29 is 8.42 Å². The number of aryl methyl sites for hydroxylation is 1. The largest absolute Gasteiger partial charge is 0.369 e. The number of sulfonamides is 1. The molecule has 1 fully saturated rings. The minimum absolute atomic E-state index is 0.0553. The predicted molar refractivity (Wildman–Crippen MR) is 146 cm³/mol. The fourth-order valence-corrected chi connectivity index (χ4v) is 4.85. The van der Waals surface area contributed by atoms with Crippen molar-refractivity contribution in [2.75, 3.05) is 48.3 Å². The Kier molecular flexibility index (Phi) is 7.21. The van der Waals surface area contributed by atoms with Crippen molar-refractivity contribution in [3.05, 3.63) is 60.3 Å². The Bertz CT molecular complexity index is 1310. The van der Waals surface area contributed by atoms with Crippen LogP contribution in [0.25, 0.3) is 0 Å². The van der Waals surface area contributed by atoms with Crippen molar-refractivity contribution in [3.63, 3.8) is 0 Å². The van der Waals surface area contributed by atoms with E-state index < -0.39 is 15.6 Å². The Morgan fingerprint density at radius 1 is 1.03 bits per heavy atom. The van der Waals surface area contributed by atoms with Gasteiger partial charge in [0.1, 0.15) is 5.82 Å². The van der Waals surface area contributed by atoms with Gasteiger partial charge < -0.3 is 20.0 Å². The van der Waals surface area contributed by atoms with Crippen molar-refractivity contribution in [2.24, 2.45) is 5.14 Å². The highest BCUT2D eigenvalue weighted by Gasteiger charge is 2.27. The molecule has 192 valence electrons. The highest BCUT2D eigenvalue weighted by Crippen LogP contribution is 2.35. The van der Waals surface area contributed by atoms with Crippen LogP contribution in [0.3, 0.4) is 0 Å². The van der Waals surface area contributed by atoms with Crippen molar-refractivity contribution in [1.82, 2.24) is 14.9 Å². The molecule has 0 atom stereocenters. The maximum Gasteiger partial charge on any atom is 0.238 e. The van der Waals surface area contributed by atoms with Crippen LogP contribution in [-0.2, 0) is 10.0 Å². The molecule has 2 aromatic carbocycles. The molecule has 9 nitrogen and oxygen atoms in total. The van der Waals surface area contributed by atoms with E-state index in [2.05, 4.69) is 39.3 Å². The van der Waals surface area contributed by atoms with E-state index in [1.807, 2.05) is 50.8 Å². The van der Waals surface area contributed by atoms with Gasteiger partial charge in [-0.3, -0.25) is 0 Å². The summed E-state index contributed by atoms with van der Waals surface area (Å²) in [4.78, 5) is 16.1. The normalized spacial score (nSPS) is 15.1. The van der Waals surface area contributed by atoms with Crippen LogP contribution in [-0.4, -0.2) is 62.1 Å². The van der Waals surface area contributed by atoms with E-state index >= 15 is 0 Å². The highest BCUT2D eigenvalue weighted by atomic mass is 32.2. The summed E-state index contributed by atoms with van der Waals surface area (Å²) in [6.45, 7) is 12.2. The summed E-state index contributed by atoms with van der Waals surface area (Å²) >= 11 is 0. The van der Waals surface area contributed by atoms with Gasteiger partial charge in [0.25, 0.3) is 0 Å². The summed E-state index contributed by atoms with van der Waals surface area (Å²) in [6, 6.07) is 14.9. The Morgan fingerprint density at radius 2 is 1.69 bits per heavy atom. The first-order valence-corrected chi connectivity index (χ1v) is 13.5. The van der Waals surface area contributed by atoms with Gasteiger partial charge in [-0.15, -0.1) is 0 Å². The third kappa shape index (κ3) is 5.95. The van der Waals surface area contributed by atoms with Crippen LogP contribution < -0.4 is 20.3 Å². The predicted octanol–water partition coefficient (Wildman–Crippen LogP) is 3.86. The zero-order valence-corrected chi connectivity index (χ0v) is 22.4. The van der Waals surface area contributed by atoms with Crippen molar-refractivity contribution in [2.45, 2.75) is 38.1 Å². The zero-order valence-electron chi connectivity index (χ0n) is 21.6. The molecule has 4 rings (SSSR count). The first-order valence-electron chi connectivity index (χ1n) is 12.0. The first kappa shape index (κ1) is 25.9. The smallest absolute Gasteiger partial charge is 0.238 e. The van der Waals surface area contributed by atoms with Crippen LogP contribution in [0.5, 0.6) is 0 Å². The molecule has 0 spiro atoms. The van der Waals surface area contributed by atoms with E-state index in [0.29, 0.717) is 17.5 Å². The van der Waals surface area contributed by atoms with Gasteiger partial charge in [0.05, 0.1) is 4.90 Å². The van der Waals surface area contributed by atoms with Crippen molar-refractivity contribution in [3.8, 4) is 0 Å². The van der Waals surface area contributed by atoms with E-state index in [0.717, 1.165) is 37.4 Å². The number of piperazine rings is 1. The molecule has 0 saturated carbocycles. The van der Waals surface area contributed by atoms with Gasteiger partial charge in [-0.2, -0.15) is 4.98 Å². The highest BCUT2D eigenvalue weighted by molar-refractivity contribution is 7.89. The number of benzene rings is 2. The molecule has 0 radical (unpaired) electrons. The third-order valence-electron chi connectivity index (χ3n) is 6.22. The molecule has 1 aromatic heterocycles. The van der Waals surface area contributed by atoms with Crippen LogP contribution in [0.4, 0.5) is 28.8 Å². The number of nitrogens with one attached hydrogen (secondary N) is 1. The van der Waals surface area contributed by atoms with Gasteiger partial charge >= 0.3 is 0 Å². The fraction of sp³-hybridized carbons (Fsp3) is 0.385. The van der Waals surface area contributed by atoms with E-state index in [1.54, 1.807) is 18.3 Å². The maximum absolute atomic E-state index is 12.0. The van der Waals surface area contributed by atoms with Gasteiger partial charge in [-0.05, 0) is 77.2 Å².